The summed E-state index contributed by atoms with van der Waals surface area (Å²) >= 11 is 0. The Labute approximate surface area is 113 Å². The van der Waals surface area contributed by atoms with Gasteiger partial charge in [0.1, 0.15) is 11.9 Å². The van der Waals surface area contributed by atoms with Gasteiger partial charge >= 0.3 is 5.97 Å². The summed E-state index contributed by atoms with van der Waals surface area (Å²) in [6, 6.07) is 0. The lowest BCUT2D eigenvalue weighted by Gasteiger charge is -2.08. The normalized spacial score (nSPS) is 10.9. The highest BCUT2D eigenvalue weighted by Gasteiger charge is 2.10. The summed E-state index contributed by atoms with van der Waals surface area (Å²) in [4.78, 5) is 18.6. The number of ether oxygens (including phenoxy) is 1. The van der Waals surface area contributed by atoms with Gasteiger partial charge in [-0.05, 0) is 33.2 Å². The largest absolute Gasteiger partial charge is 0.478 e. The maximum Gasteiger partial charge on any atom is 0.339 e. The molecule has 1 heterocycles. The van der Waals surface area contributed by atoms with E-state index in [1.165, 1.54) is 12.5 Å². The Morgan fingerprint density at radius 2 is 2.26 bits per heavy atom. The second-order valence-corrected chi connectivity index (χ2v) is 4.49. The molecule has 1 rings (SSSR count). The van der Waals surface area contributed by atoms with Gasteiger partial charge in [0.25, 0.3) is 0 Å². The van der Waals surface area contributed by atoms with Gasteiger partial charge in [-0.15, -0.1) is 0 Å². The summed E-state index contributed by atoms with van der Waals surface area (Å²) in [5.74, 6) is -0.997. The Bertz CT molecular complexity index is 396. The first-order chi connectivity index (χ1) is 9.11. The molecule has 0 unspecified atom stereocenters. The summed E-state index contributed by atoms with van der Waals surface area (Å²) < 4.78 is 5.43. The highest BCUT2D eigenvalue weighted by Crippen LogP contribution is 2.03. The van der Waals surface area contributed by atoms with Crippen molar-refractivity contribution in [3.8, 4) is 0 Å². The molecule has 1 aromatic heterocycles. The van der Waals surface area contributed by atoms with Crippen molar-refractivity contribution in [2.75, 3.05) is 13.2 Å². The van der Waals surface area contributed by atoms with Gasteiger partial charge in [0.05, 0.1) is 11.8 Å². The van der Waals surface area contributed by atoms with Gasteiger partial charge in [-0.2, -0.15) is 0 Å². The Morgan fingerprint density at radius 1 is 1.47 bits per heavy atom. The number of aromatic carboxylic acids is 1. The molecule has 0 atom stereocenters. The quantitative estimate of drug-likeness (QED) is 0.659. The maximum atomic E-state index is 10.9. The molecule has 6 heteroatoms. The van der Waals surface area contributed by atoms with E-state index < -0.39 is 5.97 Å². The molecule has 1 aromatic rings. The summed E-state index contributed by atoms with van der Waals surface area (Å²) in [5, 5.41) is 12.1. The number of carbonyl (C=O) groups is 1. The summed E-state index contributed by atoms with van der Waals surface area (Å²) in [6.07, 6.45) is 4.93. The number of hydrogen-bond acceptors (Lipinski definition) is 5. The molecule has 0 aliphatic heterocycles. The molecule has 0 aliphatic rings. The van der Waals surface area contributed by atoms with Gasteiger partial charge in [0.2, 0.25) is 0 Å². The number of carboxylic acids is 1. The van der Waals surface area contributed by atoms with Crippen LogP contribution in [0.25, 0.3) is 0 Å². The zero-order chi connectivity index (χ0) is 14.1. The third kappa shape index (κ3) is 6.26. The lowest BCUT2D eigenvalue weighted by molar-refractivity contribution is 0.0694. The van der Waals surface area contributed by atoms with Crippen molar-refractivity contribution in [1.82, 2.24) is 15.3 Å². The molecular weight excluding hydrogens is 246 g/mol. The molecule has 0 spiro atoms. The van der Waals surface area contributed by atoms with E-state index in [2.05, 4.69) is 15.3 Å². The Morgan fingerprint density at radius 3 is 2.95 bits per heavy atom. The van der Waals surface area contributed by atoms with E-state index in [-0.39, 0.29) is 11.7 Å². The smallest absolute Gasteiger partial charge is 0.339 e. The molecule has 0 saturated heterocycles. The zero-order valence-electron chi connectivity index (χ0n) is 11.4. The molecule has 0 bridgehead atoms. The number of nitrogens with one attached hydrogen (secondary N) is 1. The number of rotatable bonds is 9. The van der Waals surface area contributed by atoms with Crippen molar-refractivity contribution in [2.45, 2.75) is 39.3 Å². The monoisotopic (exact) mass is 267 g/mol. The fourth-order valence-electron chi connectivity index (χ4n) is 1.55. The molecule has 0 radical (unpaired) electrons. The number of carboxylic acid groups (broad SMARTS) is 1. The van der Waals surface area contributed by atoms with Crippen LogP contribution in [0.4, 0.5) is 0 Å². The highest BCUT2D eigenvalue weighted by atomic mass is 16.5. The zero-order valence-corrected chi connectivity index (χ0v) is 11.4. The van der Waals surface area contributed by atoms with E-state index in [1.54, 1.807) is 0 Å². The van der Waals surface area contributed by atoms with Gasteiger partial charge in [-0.1, -0.05) is 0 Å². The van der Waals surface area contributed by atoms with Crippen LogP contribution in [0, 0.1) is 0 Å². The van der Waals surface area contributed by atoms with Crippen LogP contribution in [0.15, 0.2) is 12.5 Å². The second-order valence-electron chi connectivity index (χ2n) is 4.49. The Hall–Kier alpha value is -1.53. The van der Waals surface area contributed by atoms with E-state index in [0.717, 1.165) is 26.0 Å². The summed E-state index contributed by atoms with van der Waals surface area (Å²) in [7, 11) is 0. The number of aromatic nitrogens is 2. The van der Waals surface area contributed by atoms with Crippen LogP contribution in [0.1, 0.15) is 42.7 Å². The summed E-state index contributed by atoms with van der Waals surface area (Å²) in [6.45, 7) is 6.04. The van der Waals surface area contributed by atoms with Crippen LogP contribution >= 0.6 is 0 Å². The van der Waals surface area contributed by atoms with Gasteiger partial charge < -0.3 is 15.2 Å². The third-order valence-electron chi connectivity index (χ3n) is 2.52. The van der Waals surface area contributed by atoms with Crippen molar-refractivity contribution in [2.24, 2.45) is 0 Å². The lowest BCUT2D eigenvalue weighted by atomic mass is 10.2. The van der Waals surface area contributed by atoms with Crippen molar-refractivity contribution in [3.63, 3.8) is 0 Å². The van der Waals surface area contributed by atoms with E-state index in [9.17, 15) is 4.79 Å². The predicted molar refractivity (Wildman–Crippen MR) is 71.0 cm³/mol. The third-order valence-corrected chi connectivity index (χ3v) is 2.52. The van der Waals surface area contributed by atoms with E-state index in [1.807, 2.05) is 13.8 Å². The topological polar surface area (TPSA) is 84.3 Å². The van der Waals surface area contributed by atoms with Crippen molar-refractivity contribution in [3.05, 3.63) is 23.8 Å². The lowest BCUT2D eigenvalue weighted by Crippen LogP contribution is -2.19. The van der Waals surface area contributed by atoms with Crippen LogP contribution in [0.5, 0.6) is 0 Å². The van der Waals surface area contributed by atoms with E-state index in [0.29, 0.717) is 12.2 Å². The van der Waals surface area contributed by atoms with Gasteiger partial charge in [-0.25, -0.2) is 14.8 Å². The molecule has 2 N–H and O–H groups in total. The molecule has 19 heavy (non-hydrogen) atoms. The first-order valence-corrected chi connectivity index (χ1v) is 6.45. The average Bonchev–Trinajstić information content (AvgIpc) is 2.37. The SMILES string of the molecule is CC(C)OCCCCNCc1ncncc1C(=O)O. The molecule has 0 amide bonds. The average molecular weight is 267 g/mol. The standard InChI is InChI=1S/C13H21N3O3/c1-10(2)19-6-4-3-5-14-8-12-11(13(17)18)7-15-9-16-12/h7,9-10,14H,3-6,8H2,1-2H3,(H,17,18). The first kappa shape index (κ1) is 15.5. The Kier molecular flexibility index (Phi) is 6.99. The Balaban J connectivity index is 2.21. The van der Waals surface area contributed by atoms with Crippen LogP contribution in [-0.4, -0.2) is 40.3 Å². The fraction of sp³-hybridized carbons (Fsp3) is 0.615. The first-order valence-electron chi connectivity index (χ1n) is 6.45. The predicted octanol–water partition coefficient (Wildman–Crippen LogP) is 1.47. The van der Waals surface area contributed by atoms with Gasteiger partial charge in [0, 0.05) is 19.3 Å². The molecule has 0 aromatic carbocycles. The van der Waals surface area contributed by atoms with Gasteiger partial charge in [0.15, 0.2) is 0 Å². The number of hydrogen-bond donors (Lipinski definition) is 2. The highest BCUT2D eigenvalue weighted by molar-refractivity contribution is 5.88. The minimum absolute atomic E-state index is 0.151. The minimum atomic E-state index is -0.997. The van der Waals surface area contributed by atoms with Crippen LogP contribution < -0.4 is 5.32 Å². The van der Waals surface area contributed by atoms with Crippen molar-refractivity contribution in [1.29, 1.82) is 0 Å². The van der Waals surface area contributed by atoms with E-state index in [4.69, 9.17) is 9.84 Å². The fourth-order valence-corrected chi connectivity index (χ4v) is 1.55. The van der Waals surface area contributed by atoms with Crippen molar-refractivity contribution < 1.29 is 14.6 Å². The molecular formula is C13H21N3O3. The second kappa shape index (κ2) is 8.55. The molecule has 106 valence electrons. The van der Waals surface area contributed by atoms with Crippen LogP contribution in [0.3, 0.4) is 0 Å². The van der Waals surface area contributed by atoms with Gasteiger partial charge in [-0.3, -0.25) is 0 Å². The number of nitrogens with zero attached hydrogens (tertiary/aromatic N) is 2. The molecule has 0 aliphatic carbocycles. The van der Waals surface area contributed by atoms with Crippen LogP contribution in [-0.2, 0) is 11.3 Å². The maximum absolute atomic E-state index is 10.9. The van der Waals surface area contributed by atoms with Crippen LogP contribution in [0.2, 0.25) is 0 Å². The van der Waals surface area contributed by atoms with E-state index >= 15 is 0 Å². The number of unbranched alkanes of at least 4 members (excludes halogenated alkanes) is 1. The van der Waals surface area contributed by atoms with Crippen molar-refractivity contribution >= 4 is 5.97 Å². The minimum Gasteiger partial charge on any atom is -0.478 e. The molecule has 0 saturated carbocycles. The summed E-state index contributed by atoms with van der Waals surface area (Å²) in [5.41, 5.74) is 0.666. The molecule has 0 fully saturated rings. The molecule has 6 nitrogen and oxygen atoms in total.